The van der Waals surface area contributed by atoms with E-state index >= 15 is 0 Å². The molecule has 1 fully saturated rings. The van der Waals surface area contributed by atoms with Gasteiger partial charge in [-0.05, 0) is 37.3 Å². The lowest BCUT2D eigenvalue weighted by atomic mass is 10.2. The van der Waals surface area contributed by atoms with Gasteiger partial charge in [0.15, 0.2) is 0 Å². The molecular weight excluding hydrogens is 271 g/mol. The third-order valence-corrected chi connectivity index (χ3v) is 2.99. The molecule has 7 heteroatoms. The molecular formula is C13H18F3N3O. The van der Waals surface area contributed by atoms with Crippen molar-refractivity contribution in [1.82, 2.24) is 4.98 Å². The van der Waals surface area contributed by atoms with Crippen LogP contribution in [0.2, 0.25) is 0 Å². The third-order valence-electron chi connectivity index (χ3n) is 2.99. The standard InChI is InChI=1S/C13H18F3N3O/c14-13(15,16)10-6-11(17)19-12(7-10)18-4-1-5-20-8-9-2-3-9/h6-7,9H,1-5,8H2,(H3,17,18,19). The maximum absolute atomic E-state index is 12.6. The molecule has 1 aromatic heterocycles. The summed E-state index contributed by atoms with van der Waals surface area (Å²) in [6, 6.07) is 1.78. The summed E-state index contributed by atoms with van der Waals surface area (Å²) in [5.41, 5.74) is 4.58. The maximum atomic E-state index is 12.6. The van der Waals surface area contributed by atoms with Crippen molar-refractivity contribution in [3.8, 4) is 0 Å². The van der Waals surface area contributed by atoms with Gasteiger partial charge in [0, 0.05) is 19.8 Å². The zero-order chi connectivity index (χ0) is 14.6. The first-order valence-corrected chi connectivity index (χ1v) is 6.61. The minimum Gasteiger partial charge on any atom is -0.384 e. The first-order chi connectivity index (χ1) is 9.45. The van der Waals surface area contributed by atoms with Crippen molar-refractivity contribution in [1.29, 1.82) is 0 Å². The Morgan fingerprint density at radius 2 is 2.10 bits per heavy atom. The van der Waals surface area contributed by atoms with Crippen LogP contribution in [0.1, 0.15) is 24.8 Å². The van der Waals surface area contributed by atoms with Crippen molar-refractivity contribution in [3.63, 3.8) is 0 Å². The second kappa shape index (κ2) is 6.30. The van der Waals surface area contributed by atoms with Gasteiger partial charge in [-0.15, -0.1) is 0 Å². The van der Waals surface area contributed by atoms with Crippen LogP contribution in [0.15, 0.2) is 12.1 Å². The molecule has 0 spiro atoms. The lowest BCUT2D eigenvalue weighted by Gasteiger charge is -2.11. The topological polar surface area (TPSA) is 60.2 Å². The summed E-state index contributed by atoms with van der Waals surface area (Å²) in [5.74, 6) is 0.708. The second-order valence-corrected chi connectivity index (χ2v) is 4.96. The van der Waals surface area contributed by atoms with Crippen LogP contribution in [0.5, 0.6) is 0 Å². The number of ether oxygens (including phenoxy) is 1. The molecule has 0 amide bonds. The van der Waals surface area contributed by atoms with Crippen LogP contribution in [0.25, 0.3) is 0 Å². The fourth-order valence-corrected chi connectivity index (χ4v) is 1.73. The number of hydrogen-bond acceptors (Lipinski definition) is 4. The number of rotatable bonds is 7. The average molecular weight is 289 g/mol. The third kappa shape index (κ3) is 4.88. The van der Waals surface area contributed by atoms with Crippen molar-refractivity contribution in [2.75, 3.05) is 30.8 Å². The van der Waals surface area contributed by atoms with E-state index in [9.17, 15) is 13.2 Å². The van der Waals surface area contributed by atoms with Crippen molar-refractivity contribution < 1.29 is 17.9 Å². The lowest BCUT2D eigenvalue weighted by Crippen LogP contribution is -2.11. The quantitative estimate of drug-likeness (QED) is 0.758. The molecule has 1 aliphatic carbocycles. The molecule has 0 aromatic carbocycles. The lowest BCUT2D eigenvalue weighted by molar-refractivity contribution is -0.137. The minimum absolute atomic E-state index is 0.138. The van der Waals surface area contributed by atoms with E-state index in [2.05, 4.69) is 10.3 Å². The number of halogens is 3. The van der Waals surface area contributed by atoms with E-state index in [1.165, 1.54) is 12.8 Å². The fourth-order valence-electron chi connectivity index (χ4n) is 1.73. The van der Waals surface area contributed by atoms with Crippen LogP contribution in [-0.4, -0.2) is 24.7 Å². The molecule has 0 radical (unpaired) electrons. The van der Waals surface area contributed by atoms with Crippen LogP contribution < -0.4 is 11.1 Å². The number of anilines is 2. The molecule has 0 saturated heterocycles. The molecule has 1 heterocycles. The van der Waals surface area contributed by atoms with Crippen LogP contribution in [0, 0.1) is 5.92 Å². The van der Waals surface area contributed by atoms with Crippen molar-refractivity contribution >= 4 is 11.6 Å². The molecule has 0 aliphatic heterocycles. The van der Waals surface area contributed by atoms with Gasteiger partial charge in [-0.1, -0.05) is 0 Å². The number of alkyl halides is 3. The van der Waals surface area contributed by atoms with Crippen molar-refractivity contribution in [3.05, 3.63) is 17.7 Å². The van der Waals surface area contributed by atoms with E-state index in [-0.39, 0.29) is 11.6 Å². The summed E-state index contributed by atoms with van der Waals surface area (Å²) >= 11 is 0. The summed E-state index contributed by atoms with van der Waals surface area (Å²) in [6.45, 7) is 1.88. The average Bonchev–Trinajstić information content (AvgIpc) is 3.16. The predicted octanol–water partition coefficient (Wildman–Crippen LogP) is 2.91. The van der Waals surface area contributed by atoms with Gasteiger partial charge in [-0.25, -0.2) is 4.98 Å². The minimum atomic E-state index is -4.42. The van der Waals surface area contributed by atoms with Crippen LogP contribution in [0.3, 0.4) is 0 Å². The summed E-state index contributed by atoms with van der Waals surface area (Å²) in [4.78, 5) is 3.83. The van der Waals surface area contributed by atoms with E-state index < -0.39 is 11.7 Å². The van der Waals surface area contributed by atoms with Gasteiger partial charge in [-0.3, -0.25) is 0 Å². The Morgan fingerprint density at radius 3 is 2.75 bits per heavy atom. The first-order valence-electron chi connectivity index (χ1n) is 6.61. The van der Waals surface area contributed by atoms with E-state index in [1.807, 2.05) is 0 Å². The number of nitrogen functional groups attached to an aromatic ring is 1. The molecule has 2 rings (SSSR count). The van der Waals surface area contributed by atoms with E-state index in [0.717, 1.165) is 18.7 Å². The Kier molecular flexibility index (Phi) is 4.69. The summed E-state index contributed by atoms with van der Waals surface area (Å²) in [5, 5.41) is 2.83. The van der Waals surface area contributed by atoms with Gasteiger partial charge < -0.3 is 15.8 Å². The van der Waals surface area contributed by atoms with Crippen molar-refractivity contribution in [2.45, 2.75) is 25.4 Å². The molecule has 1 aromatic rings. The molecule has 4 nitrogen and oxygen atoms in total. The Hall–Kier alpha value is -1.50. The van der Waals surface area contributed by atoms with E-state index in [1.54, 1.807) is 0 Å². The second-order valence-electron chi connectivity index (χ2n) is 4.96. The highest BCUT2D eigenvalue weighted by Gasteiger charge is 2.31. The number of pyridine rings is 1. The number of hydrogen-bond donors (Lipinski definition) is 2. The molecule has 0 unspecified atom stereocenters. The molecule has 20 heavy (non-hydrogen) atoms. The van der Waals surface area contributed by atoms with E-state index in [0.29, 0.717) is 25.5 Å². The predicted molar refractivity (Wildman–Crippen MR) is 70.3 cm³/mol. The van der Waals surface area contributed by atoms with Gasteiger partial charge in [-0.2, -0.15) is 13.2 Å². The van der Waals surface area contributed by atoms with Crippen LogP contribution >= 0.6 is 0 Å². The van der Waals surface area contributed by atoms with E-state index in [4.69, 9.17) is 10.5 Å². The summed E-state index contributed by atoms with van der Waals surface area (Å²) < 4.78 is 43.2. The van der Waals surface area contributed by atoms with Gasteiger partial charge in [0.1, 0.15) is 11.6 Å². The Balaban J connectivity index is 1.75. The highest BCUT2D eigenvalue weighted by Crippen LogP contribution is 2.31. The molecule has 0 atom stereocenters. The largest absolute Gasteiger partial charge is 0.416 e. The SMILES string of the molecule is Nc1cc(C(F)(F)F)cc(NCCCOCC2CC2)n1. The molecule has 1 aliphatic rings. The van der Waals surface area contributed by atoms with Gasteiger partial charge in [0.2, 0.25) is 0 Å². The van der Waals surface area contributed by atoms with Crippen LogP contribution in [0.4, 0.5) is 24.8 Å². The van der Waals surface area contributed by atoms with Gasteiger partial charge in [0.05, 0.1) is 5.56 Å². The number of aromatic nitrogens is 1. The molecule has 0 bridgehead atoms. The summed E-state index contributed by atoms with van der Waals surface area (Å²) in [7, 11) is 0. The maximum Gasteiger partial charge on any atom is 0.416 e. The highest BCUT2D eigenvalue weighted by molar-refractivity contribution is 5.47. The number of nitrogens with one attached hydrogen (secondary N) is 1. The summed E-state index contributed by atoms with van der Waals surface area (Å²) in [6.07, 6.45) is -1.22. The molecule has 3 N–H and O–H groups in total. The Bertz CT molecular complexity index is 447. The zero-order valence-electron chi connectivity index (χ0n) is 11.0. The van der Waals surface area contributed by atoms with Gasteiger partial charge >= 0.3 is 6.18 Å². The zero-order valence-corrected chi connectivity index (χ0v) is 11.0. The first kappa shape index (κ1) is 14.9. The van der Waals surface area contributed by atoms with Crippen LogP contribution in [-0.2, 0) is 10.9 Å². The monoisotopic (exact) mass is 289 g/mol. The Morgan fingerprint density at radius 1 is 1.35 bits per heavy atom. The van der Waals surface area contributed by atoms with Gasteiger partial charge in [0.25, 0.3) is 0 Å². The van der Waals surface area contributed by atoms with Crippen molar-refractivity contribution in [2.24, 2.45) is 5.92 Å². The number of nitrogens with zero attached hydrogens (tertiary/aromatic N) is 1. The Labute approximate surface area is 115 Å². The molecule has 1 saturated carbocycles. The smallest absolute Gasteiger partial charge is 0.384 e. The normalized spacial score (nSPS) is 15.3. The highest BCUT2D eigenvalue weighted by atomic mass is 19.4. The number of nitrogens with two attached hydrogens (primary N) is 1. The molecule has 112 valence electrons. The fraction of sp³-hybridized carbons (Fsp3) is 0.615.